The first kappa shape index (κ1) is 18.5. The summed E-state index contributed by atoms with van der Waals surface area (Å²) in [7, 11) is -3.40. The molecule has 2 aromatic rings. The summed E-state index contributed by atoms with van der Waals surface area (Å²) in [6.07, 6.45) is 5.46. The highest BCUT2D eigenvalue weighted by molar-refractivity contribution is 7.88. The van der Waals surface area contributed by atoms with Crippen LogP contribution >= 0.6 is 0 Å². The Morgan fingerprint density at radius 1 is 1.15 bits per heavy atom. The number of aromatic nitrogens is 1. The second kappa shape index (κ2) is 7.97. The molecule has 0 N–H and O–H groups in total. The fraction of sp³-hybridized carbons (Fsp3) is 0.368. The third-order valence-electron chi connectivity index (χ3n) is 4.64. The van der Waals surface area contributed by atoms with Crippen LogP contribution in [-0.4, -0.2) is 47.9 Å². The Balaban J connectivity index is 1.61. The normalized spacial score (nSPS) is 14.3. The number of nitrogens with zero attached hydrogens (tertiary/aromatic N) is 3. The molecule has 0 atom stereocenters. The van der Waals surface area contributed by atoms with Gasteiger partial charge in [0.25, 0.3) is 0 Å². The van der Waals surface area contributed by atoms with Crippen LogP contribution in [0.3, 0.4) is 0 Å². The fourth-order valence-corrected chi connectivity index (χ4v) is 3.95. The van der Waals surface area contributed by atoms with Crippen LogP contribution in [0.2, 0.25) is 0 Å². The topological polar surface area (TPSA) is 70.6 Å². The van der Waals surface area contributed by atoms with Crippen LogP contribution in [0.25, 0.3) is 0 Å². The van der Waals surface area contributed by atoms with Gasteiger partial charge in [0.1, 0.15) is 0 Å². The molecule has 1 aliphatic heterocycles. The molecule has 7 heteroatoms. The monoisotopic (exact) mass is 373 g/mol. The molecule has 1 amide bonds. The Morgan fingerprint density at radius 3 is 2.54 bits per heavy atom. The van der Waals surface area contributed by atoms with Crippen molar-refractivity contribution >= 4 is 15.9 Å². The zero-order chi connectivity index (χ0) is 18.6. The van der Waals surface area contributed by atoms with Crippen molar-refractivity contribution in [2.45, 2.75) is 25.9 Å². The third kappa shape index (κ3) is 4.68. The van der Waals surface area contributed by atoms with Gasteiger partial charge in [-0.3, -0.25) is 9.78 Å². The van der Waals surface area contributed by atoms with Crippen molar-refractivity contribution in [1.82, 2.24) is 14.2 Å². The Bertz CT molecular complexity index is 869. The molecule has 0 bridgehead atoms. The van der Waals surface area contributed by atoms with Crippen LogP contribution in [0.1, 0.15) is 23.1 Å². The summed E-state index contributed by atoms with van der Waals surface area (Å²) in [6.45, 7) is 1.70. The highest BCUT2D eigenvalue weighted by Gasteiger charge is 2.23. The lowest BCUT2D eigenvalue weighted by atomic mass is 10.00. The van der Waals surface area contributed by atoms with E-state index in [1.807, 2.05) is 23.1 Å². The highest BCUT2D eigenvalue weighted by Crippen LogP contribution is 2.19. The van der Waals surface area contributed by atoms with Gasteiger partial charge in [-0.1, -0.05) is 24.3 Å². The molecule has 26 heavy (non-hydrogen) atoms. The minimum absolute atomic E-state index is 0.0112. The molecule has 3 rings (SSSR count). The van der Waals surface area contributed by atoms with Gasteiger partial charge >= 0.3 is 0 Å². The summed E-state index contributed by atoms with van der Waals surface area (Å²) in [5.74, 6) is -0.0112. The molecule has 0 fully saturated rings. The maximum Gasteiger partial charge on any atom is 0.224 e. The lowest BCUT2D eigenvalue weighted by molar-refractivity contribution is -0.132. The Kier molecular flexibility index (Phi) is 5.68. The molecule has 0 spiro atoms. The average molecular weight is 373 g/mol. The number of hydrogen-bond acceptors (Lipinski definition) is 4. The zero-order valence-corrected chi connectivity index (χ0v) is 15.7. The number of carbonyl (C=O) groups is 1. The van der Waals surface area contributed by atoms with Crippen molar-refractivity contribution in [3.05, 3.63) is 65.5 Å². The van der Waals surface area contributed by atoms with Gasteiger partial charge in [0.2, 0.25) is 15.9 Å². The van der Waals surface area contributed by atoms with E-state index in [-0.39, 0.29) is 25.4 Å². The van der Waals surface area contributed by atoms with Crippen LogP contribution in [0.15, 0.2) is 48.8 Å². The van der Waals surface area contributed by atoms with E-state index in [1.54, 1.807) is 24.5 Å². The van der Waals surface area contributed by atoms with E-state index in [0.717, 1.165) is 12.0 Å². The molecule has 138 valence electrons. The number of sulfonamides is 1. The van der Waals surface area contributed by atoms with E-state index in [2.05, 4.69) is 11.1 Å². The minimum atomic E-state index is -3.40. The molecule has 2 heterocycles. The molecule has 1 aromatic heterocycles. The maximum absolute atomic E-state index is 12.6. The smallest absolute Gasteiger partial charge is 0.224 e. The molecular weight excluding hydrogens is 350 g/mol. The number of rotatable bonds is 6. The molecule has 1 aromatic carbocycles. The van der Waals surface area contributed by atoms with Gasteiger partial charge in [-0.25, -0.2) is 8.42 Å². The molecule has 1 aliphatic rings. The first-order valence-corrected chi connectivity index (χ1v) is 10.5. The van der Waals surface area contributed by atoms with Crippen LogP contribution in [0, 0.1) is 0 Å². The molecular formula is C19H23N3O3S. The molecule has 6 nitrogen and oxygen atoms in total. The van der Waals surface area contributed by atoms with Crippen LogP contribution in [0.5, 0.6) is 0 Å². The minimum Gasteiger partial charge on any atom is -0.338 e. The number of benzene rings is 1. The Hall–Kier alpha value is -2.25. The molecule has 0 saturated heterocycles. The maximum atomic E-state index is 12.6. The summed E-state index contributed by atoms with van der Waals surface area (Å²) in [6, 6.07) is 11.7. The molecule has 0 aliphatic carbocycles. The van der Waals surface area contributed by atoms with Gasteiger partial charge in [-0.05, 0) is 35.2 Å². The molecule has 0 radical (unpaired) electrons. The second-order valence-corrected chi connectivity index (χ2v) is 8.52. The predicted molar refractivity (Wildman–Crippen MR) is 99.7 cm³/mol. The Labute approximate surface area is 154 Å². The van der Waals surface area contributed by atoms with E-state index < -0.39 is 10.0 Å². The summed E-state index contributed by atoms with van der Waals surface area (Å²) in [4.78, 5) is 18.3. The van der Waals surface area contributed by atoms with Gasteiger partial charge < -0.3 is 4.90 Å². The number of amides is 1. The highest BCUT2D eigenvalue weighted by atomic mass is 32.2. The van der Waals surface area contributed by atoms with Crippen molar-refractivity contribution in [3.63, 3.8) is 0 Å². The van der Waals surface area contributed by atoms with E-state index in [0.29, 0.717) is 13.1 Å². The van der Waals surface area contributed by atoms with Crippen LogP contribution < -0.4 is 0 Å². The van der Waals surface area contributed by atoms with Crippen LogP contribution in [-0.2, 0) is 34.3 Å². The van der Waals surface area contributed by atoms with Gasteiger partial charge in [0.15, 0.2) is 0 Å². The van der Waals surface area contributed by atoms with Crippen molar-refractivity contribution in [3.8, 4) is 0 Å². The molecule has 0 saturated carbocycles. The van der Waals surface area contributed by atoms with Crippen molar-refractivity contribution < 1.29 is 13.2 Å². The van der Waals surface area contributed by atoms with Gasteiger partial charge in [0, 0.05) is 45.0 Å². The zero-order valence-electron chi connectivity index (χ0n) is 14.8. The summed E-state index contributed by atoms with van der Waals surface area (Å²) in [5, 5.41) is 0. The van der Waals surface area contributed by atoms with Gasteiger partial charge in [-0.2, -0.15) is 4.31 Å². The van der Waals surface area contributed by atoms with E-state index >= 15 is 0 Å². The quantitative estimate of drug-likeness (QED) is 0.774. The summed E-state index contributed by atoms with van der Waals surface area (Å²) in [5.41, 5.74) is 3.31. The number of hydrogen-bond donors (Lipinski definition) is 0. The fourth-order valence-electron chi connectivity index (χ4n) is 3.14. The number of carbonyl (C=O) groups excluding carboxylic acids is 1. The first-order valence-electron chi connectivity index (χ1n) is 8.62. The summed E-state index contributed by atoms with van der Waals surface area (Å²) >= 11 is 0. The summed E-state index contributed by atoms with van der Waals surface area (Å²) < 4.78 is 25.5. The molecule has 0 unspecified atom stereocenters. The lowest BCUT2D eigenvalue weighted by Gasteiger charge is -2.29. The van der Waals surface area contributed by atoms with E-state index in [4.69, 9.17) is 0 Å². The van der Waals surface area contributed by atoms with Crippen molar-refractivity contribution in [2.75, 3.05) is 19.3 Å². The predicted octanol–water partition coefficient (Wildman–Crippen LogP) is 1.82. The standard InChI is InChI=1S/C19H23N3O3S/c1-26(24,25)22(14-16-6-10-20-11-7-16)13-9-19(23)21-12-8-17-4-2-3-5-18(17)15-21/h2-7,10-11H,8-9,12-15H2,1H3. The van der Waals surface area contributed by atoms with Crippen molar-refractivity contribution in [2.24, 2.45) is 0 Å². The average Bonchev–Trinajstić information content (AvgIpc) is 2.64. The van der Waals surface area contributed by atoms with E-state index in [1.165, 1.54) is 21.7 Å². The van der Waals surface area contributed by atoms with Crippen LogP contribution in [0.4, 0.5) is 0 Å². The van der Waals surface area contributed by atoms with Gasteiger partial charge in [-0.15, -0.1) is 0 Å². The first-order chi connectivity index (χ1) is 12.4. The second-order valence-electron chi connectivity index (χ2n) is 6.54. The van der Waals surface area contributed by atoms with E-state index in [9.17, 15) is 13.2 Å². The van der Waals surface area contributed by atoms with Gasteiger partial charge in [0.05, 0.1) is 6.26 Å². The SMILES string of the molecule is CS(=O)(=O)N(CCC(=O)N1CCc2ccccc2C1)Cc1ccncc1. The van der Waals surface area contributed by atoms with Crippen molar-refractivity contribution in [1.29, 1.82) is 0 Å². The largest absolute Gasteiger partial charge is 0.338 e. The lowest BCUT2D eigenvalue weighted by Crippen LogP contribution is -2.39. The number of fused-ring (bicyclic) bond motifs is 1. The number of pyridine rings is 1. The third-order valence-corrected chi connectivity index (χ3v) is 5.89. The Morgan fingerprint density at radius 2 is 1.85 bits per heavy atom.